The molecular formula is C21H22O10. The summed E-state index contributed by atoms with van der Waals surface area (Å²) in [6, 6.07) is 8.03. The maximum atomic E-state index is 12.6. The van der Waals surface area contributed by atoms with Crippen LogP contribution in [0.3, 0.4) is 0 Å². The second-order valence-corrected chi connectivity index (χ2v) is 6.98. The number of ketones is 1. The standard InChI is InChI=1S/C21H22O10/c22-11-4-1-10(2-5-11)3-6-13(24)17-14(25)7-12(23)8-15(17)30-9-16-18(26)19(27)20(28)21(29)31-16/h1-8,16,18-23,25-29H,9H2/t16-,18-,19+,20-,21-/m1/s1. The SMILES string of the molecule is O=C(C=Cc1ccc(O)cc1)c1c(O)cc(O)cc1OC[C@H]1O[C@@H](O)[C@H](O)[C@@H](O)[C@@H]1O. The van der Waals surface area contributed by atoms with Crippen molar-refractivity contribution in [3.63, 3.8) is 0 Å². The van der Waals surface area contributed by atoms with Crippen LogP contribution in [0, 0.1) is 0 Å². The van der Waals surface area contributed by atoms with Gasteiger partial charge < -0.3 is 45.2 Å². The average Bonchev–Trinajstić information content (AvgIpc) is 2.72. The summed E-state index contributed by atoms with van der Waals surface area (Å²) < 4.78 is 10.4. The smallest absolute Gasteiger partial charge is 0.193 e. The first-order valence-corrected chi connectivity index (χ1v) is 9.25. The van der Waals surface area contributed by atoms with Crippen LogP contribution < -0.4 is 4.74 Å². The van der Waals surface area contributed by atoms with Gasteiger partial charge in [-0.05, 0) is 23.8 Å². The predicted octanol–water partition coefficient (Wildman–Crippen LogP) is -0.122. The van der Waals surface area contributed by atoms with Crippen LogP contribution in [-0.4, -0.2) is 78.8 Å². The normalized spacial score (nSPS) is 26.1. The van der Waals surface area contributed by atoms with Crippen LogP contribution in [0.1, 0.15) is 15.9 Å². The summed E-state index contributed by atoms with van der Waals surface area (Å²) >= 11 is 0. The Bertz CT molecular complexity index is 955. The van der Waals surface area contributed by atoms with E-state index >= 15 is 0 Å². The summed E-state index contributed by atoms with van der Waals surface area (Å²) in [5, 5.41) is 68.1. The lowest BCUT2D eigenvalue weighted by atomic mass is 9.99. The Labute approximate surface area is 176 Å². The molecule has 1 fully saturated rings. The topological polar surface area (TPSA) is 177 Å². The minimum absolute atomic E-state index is 0.0604. The van der Waals surface area contributed by atoms with E-state index in [9.17, 15) is 40.5 Å². The van der Waals surface area contributed by atoms with E-state index in [4.69, 9.17) is 9.47 Å². The fraction of sp³-hybridized carbons (Fsp3) is 0.286. The molecule has 0 saturated carbocycles. The largest absolute Gasteiger partial charge is 0.508 e. The van der Waals surface area contributed by atoms with E-state index in [2.05, 4.69) is 0 Å². The lowest BCUT2D eigenvalue weighted by Gasteiger charge is -2.38. The van der Waals surface area contributed by atoms with Gasteiger partial charge >= 0.3 is 0 Å². The first-order valence-electron chi connectivity index (χ1n) is 9.25. The monoisotopic (exact) mass is 434 g/mol. The van der Waals surface area contributed by atoms with Gasteiger partial charge in [-0.2, -0.15) is 0 Å². The predicted molar refractivity (Wildman–Crippen MR) is 106 cm³/mol. The number of carbonyl (C=O) groups excluding carboxylic acids is 1. The first-order chi connectivity index (χ1) is 14.7. The summed E-state index contributed by atoms with van der Waals surface area (Å²) in [6.45, 7) is -0.479. The van der Waals surface area contributed by atoms with Gasteiger partial charge in [0.1, 0.15) is 59.6 Å². The van der Waals surface area contributed by atoms with Crippen LogP contribution in [0.25, 0.3) is 6.08 Å². The number of aliphatic hydroxyl groups is 4. The number of allylic oxidation sites excluding steroid dienone is 1. The third kappa shape index (κ3) is 5.13. The van der Waals surface area contributed by atoms with Crippen LogP contribution in [0.2, 0.25) is 0 Å². The van der Waals surface area contributed by atoms with Gasteiger partial charge in [0.2, 0.25) is 0 Å². The summed E-state index contributed by atoms with van der Waals surface area (Å²) in [6.07, 6.45) is -5.44. The van der Waals surface area contributed by atoms with Crippen LogP contribution in [0.5, 0.6) is 23.0 Å². The Kier molecular flexibility index (Phi) is 6.78. The highest BCUT2D eigenvalue weighted by atomic mass is 16.6. The molecule has 31 heavy (non-hydrogen) atoms. The third-order valence-electron chi connectivity index (χ3n) is 4.72. The quantitative estimate of drug-likeness (QED) is 0.239. The Morgan fingerprint density at radius 1 is 0.935 bits per heavy atom. The van der Waals surface area contributed by atoms with E-state index in [0.29, 0.717) is 5.56 Å². The van der Waals surface area contributed by atoms with Crippen LogP contribution in [0.15, 0.2) is 42.5 Å². The molecule has 1 heterocycles. The number of aromatic hydroxyl groups is 3. The van der Waals surface area contributed by atoms with Crippen molar-refractivity contribution < 1.29 is 50.0 Å². The minimum atomic E-state index is -1.76. The van der Waals surface area contributed by atoms with E-state index < -0.39 is 54.6 Å². The molecule has 0 amide bonds. The molecule has 7 N–H and O–H groups in total. The highest BCUT2D eigenvalue weighted by molar-refractivity contribution is 6.10. The van der Waals surface area contributed by atoms with Gasteiger partial charge in [-0.1, -0.05) is 18.2 Å². The average molecular weight is 434 g/mol. The molecule has 10 heteroatoms. The van der Waals surface area contributed by atoms with Crippen molar-refractivity contribution >= 4 is 11.9 Å². The maximum absolute atomic E-state index is 12.6. The molecule has 0 unspecified atom stereocenters. The number of rotatable bonds is 6. The van der Waals surface area contributed by atoms with Gasteiger partial charge in [-0.25, -0.2) is 0 Å². The van der Waals surface area contributed by atoms with Crippen molar-refractivity contribution in [2.24, 2.45) is 0 Å². The number of aliphatic hydroxyl groups excluding tert-OH is 4. The van der Waals surface area contributed by atoms with Crippen LogP contribution in [0.4, 0.5) is 0 Å². The Morgan fingerprint density at radius 3 is 2.29 bits per heavy atom. The summed E-state index contributed by atoms with van der Waals surface area (Å²) in [4.78, 5) is 12.6. The van der Waals surface area contributed by atoms with Crippen molar-refractivity contribution in [2.75, 3.05) is 6.61 Å². The summed E-state index contributed by atoms with van der Waals surface area (Å²) in [5.74, 6) is -1.79. The first kappa shape index (κ1) is 22.5. The van der Waals surface area contributed by atoms with E-state index in [1.807, 2.05) is 0 Å². The van der Waals surface area contributed by atoms with E-state index in [1.54, 1.807) is 12.1 Å². The molecule has 166 valence electrons. The number of phenols is 3. The second kappa shape index (κ2) is 9.33. The van der Waals surface area contributed by atoms with Gasteiger partial charge in [-0.15, -0.1) is 0 Å². The number of hydrogen-bond acceptors (Lipinski definition) is 10. The molecule has 0 bridgehead atoms. The fourth-order valence-corrected chi connectivity index (χ4v) is 3.03. The van der Waals surface area contributed by atoms with Crippen LogP contribution >= 0.6 is 0 Å². The zero-order valence-corrected chi connectivity index (χ0v) is 16.1. The molecule has 0 aromatic heterocycles. The number of hydrogen-bond donors (Lipinski definition) is 7. The zero-order chi connectivity index (χ0) is 22.7. The van der Waals surface area contributed by atoms with Gasteiger partial charge in [0.05, 0.1) is 0 Å². The van der Waals surface area contributed by atoms with Crippen molar-refractivity contribution in [3.05, 3.63) is 53.6 Å². The third-order valence-corrected chi connectivity index (χ3v) is 4.72. The summed E-state index contributed by atoms with van der Waals surface area (Å²) in [5.41, 5.74) is 0.325. The number of benzene rings is 2. The van der Waals surface area contributed by atoms with Gasteiger partial charge in [-0.3, -0.25) is 4.79 Å². The Hall–Kier alpha value is -3.15. The van der Waals surface area contributed by atoms with Crippen molar-refractivity contribution in [1.82, 2.24) is 0 Å². The molecule has 5 atom stereocenters. The highest BCUT2D eigenvalue weighted by Gasteiger charge is 2.43. The molecule has 2 aromatic rings. The van der Waals surface area contributed by atoms with Crippen LogP contribution in [-0.2, 0) is 4.74 Å². The number of phenolic OH excluding ortho intramolecular Hbond substituents is 3. The van der Waals surface area contributed by atoms with E-state index in [-0.39, 0.29) is 17.1 Å². The molecule has 1 aliphatic heterocycles. The molecule has 10 nitrogen and oxygen atoms in total. The van der Waals surface area contributed by atoms with E-state index in [0.717, 1.165) is 18.2 Å². The maximum Gasteiger partial charge on any atom is 0.193 e. The zero-order valence-electron chi connectivity index (χ0n) is 16.1. The minimum Gasteiger partial charge on any atom is -0.508 e. The fourth-order valence-electron chi connectivity index (χ4n) is 3.03. The molecule has 0 spiro atoms. The van der Waals surface area contributed by atoms with Crippen molar-refractivity contribution in [2.45, 2.75) is 30.7 Å². The Morgan fingerprint density at radius 2 is 1.61 bits per heavy atom. The molecule has 1 aliphatic rings. The molecular weight excluding hydrogens is 412 g/mol. The molecule has 2 aromatic carbocycles. The van der Waals surface area contributed by atoms with Gasteiger partial charge in [0, 0.05) is 12.1 Å². The Balaban J connectivity index is 1.79. The molecule has 1 saturated heterocycles. The van der Waals surface area contributed by atoms with Crippen molar-refractivity contribution in [3.8, 4) is 23.0 Å². The highest BCUT2D eigenvalue weighted by Crippen LogP contribution is 2.34. The van der Waals surface area contributed by atoms with Crippen molar-refractivity contribution in [1.29, 1.82) is 0 Å². The second-order valence-electron chi connectivity index (χ2n) is 6.98. The number of carbonyl (C=O) groups is 1. The van der Waals surface area contributed by atoms with Gasteiger partial charge in [0.15, 0.2) is 12.1 Å². The molecule has 0 radical (unpaired) electrons. The lowest BCUT2D eigenvalue weighted by molar-refractivity contribution is -0.285. The summed E-state index contributed by atoms with van der Waals surface area (Å²) in [7, 11) is 0. The molecule has 3 rings (SSSR count). The molecule has 0 aliphatic carbocycles. The number of ether oxygens (including phenoxy) is 2. The lowest BCUT2D eigenvalue weighted by Crippen LogP contribution is -2.58. The van der Waals surface area contributed by atoms with Gasteiger partial charge in [0.25, 0.3) is 0 Å². The van der Waals surface area contributed by atoms with E-state index in [1.165, 1.54) is 18.2 Å².